The van der Waals surface area contributed by atoms with Gasteiger partial charge in [-0.1, -0.05) is 6.92 Å². The van der Waals surface area contributed by atoms with Gasteiger partial charge in [0.05, 0.1) is 0 Å². The Morgan fingerprint density at radius 2 is 2.12 bits per heavy atom. The molecule has 0 unspecified atom stereocenters. The fourth-order valence-electron chi connectivity index (χ4n) is 2.41. The summed E-state index contributed by atoms with van der Waals surface area (Å²) in [5.41, 5.74) is 0. The summed E-state index contributed by atoms with van der Waals surface area (Å²) in [4.78, 5) is 10.00. The summed E-state index contributed by atoms with van der Waals surface area (Å²) >= 11 is 1.67. The van der Waals surface area contributed by atoms with Gasteiger partial charge in [0.15, 0.2) is 0 Å². The molecule has 0 aromatic carbocycles. The Kier molecular flexibility index (Phi) is 2.97. The van der Waals surface area contributed by atoms with E-state index in [1.807, 2.05) is 6.20 Å². The second-order valence-corrected chi connectivity index (χ2v) is 5.87. The van der Waals surface area contributed by atoms with Gasteiger partial charge in [0.2, 0.25) is 5.95 Å². The quantitative estimate of drug-likeness (QED) is 0.879. The summed E-state index contributed by atoms with van der Waals surface area (Å²) in [6.07, 6.45) is 7.03. The summed E-state index contributed by atoms with van der Waals surface area (Å²) < 4.78 is 0. The van der Waals surface area contributed by atoms with Crippen molar-refractivity contribution in [1.82, 2.24) is 9.97 Å². The highest BCUT2D eigenvalue weighted by molar-refractivity contribution is 7.16. The van der Waals surface area contributed by atoms with Crippen LogP contribution in [0.15, 0.2) is 17.6 Å². The van der Waals surface area contributed by atoms with Crippen LogP contribution in [0.2, 0.25) is 0 Å². The van der Waals surface area contributed by atoms with Crippen LogP contribution in [0, 0.1) is 5.92 Å². The van der Waals surface area contributed by atoms with E-state index in [2.05, 4.69) is 33.7 Å². The Balaban J connectivity index is 1.71. The lowest BCUT2D eigenvalue weighted by Gasteiger charge is -2.26. The Hall–Kier alpha value is -1.16. The van der Waals surface area contributed by atoms with Crippen LogP contribution in [0.3, 0.4) is 0 Å². The number of hydrogen-bond acceptors (Lipinski definition) is 4. The van der Waals surface area contributed by atoms with Crippen molar-refractivity contribution in [2.75, 3.05) is 5.32 Å². The van der Waals surface area contributed by atoms with E-state index >= 15 is 0 Å². The molecular weight excluding hydrogens is 230 g/mol. The van der Waals surface area contributed by atoms with Gasteiger partial charge >= 0.3 is 0 Å². The predicted octanol–water partition coefficient (Wildman–Crippen LogP) is 3.68. The number of hydrogen-bond donors (Lipinski definition) is 1. The van der Waals surface area contributed by atoms with Crippen molar-refractivity contribution in [2.45, 2.75) is 38.6 Å². The molecule has 2 aromatic rings. The predicted molar refractivity (Wildman–Crippen MR) is 72.5 cm³/mol. The average molecular weight is 247 g/mol. The zero-order valence-electron chi connectivity index (χ0n) is 10.0. The molecule has 17 heavy (non-hydrogen) atoms. The van der Waals surface area contributed by atoms with Gasteiger partial charge in [-0.2, -0.15) is 0 Å². The normalized spacial score (nSPS) is 25.0. The minimum Gasteiger partial charge on any atom is -0.351 e. The zero-order chi connectivity index (χ0) is 11.7. The van der Waals surface area contributed by atoms with Gasteiger partial charge in [-0.3, -0.25) is 0 Å². The van der Waals surface area contributed by atoms with Crippen LogP contribution in [0.25, 0.3) is 10.2 Å². The molecule has 0 radical (unpaired) electrons. The van der Waals surface area contributed by atoms with Crippen molar-refractivity contribution in [3.05, 3.63) is 17.6 Å². The van der Waals surface area contributed by atoms with E-state index in [9.17, 15) is 0 Å². The van der Waals surface area contributed by atoms with Gasteiger partial charge in [-0.25, -0.2) is 9.97 Å². The van der Waals surface area contributed by atoms with Crippen LogP contribution in [0.1, 0.15) is 32.6 Å². The van der Waals surface area contributed by atoms with Crippen molar-refractivity contribution in [3.8, 4) is 0 Å². The largest absolute Gasteiger partial charge is 0.351 e. The number of nitrogens with one attached hydrogen (secondary N) is 1. The Labute approximate surface area is 105 Å². The topological polar surface area (TPSA) is 37.8 Å². The van der Waals surface area contributed by atoms with Crippen LogP contribution in [-0.2, 0) is 0 Å². The first kappa shape index (κ1) is 11.0. The molecule has 0 bridgehead atoms. The van der Waals surface area contributed by atoms with Gasteiger partial charge in [-0.05, 0) is 43.0 Å². The lowest BCUT2D eigenvalue weighted by Crippen LogP contribution is -2.26. The zero-order valence-corrected chi connectivity index (χ0v) is 10.8. The number of rotatable bonds is 2. The number of anilines is 1. The molecule has 2 aromatic heterocycles. The van der Waals surface area contributed by atoms with E-state index in [4.69, 9.17) is 0 Å². The molecule has 1 N–H and O–H groups in total. The number of fused-ring (bicyclic) bond motifs is 1. The Morgan fingerprint density at radius 1 is 1.29 bits per heavy atom. The highest BCUT2D eigenvalue weighted by Gasteiger charge is 2.18. The Morgan fingerprint density at radius 3 is 2.94 bits per heavy atom. The molecule has 0 amide bonds. The SMILES string of the molecule is CC1CCC(Nc2ncc3ccsc3n2)CC1. The van der Waals surface area contributed by atoms with E-state index in [-0.39, 0.29) is 0 Å². The molecule has 4 heteroatoms. The van der Waals surface area contributed by atoms with Gasteiger partial charge in [0.25, 0.3) is 0 Å². The molecule has 1 fully saturated rings. The Bertz CT molecular complexity index is 500. The molecule has 0 saturated heterocycles. The average Bonchev–Trinajstić information content (AvgIpc) is 2.79. The third-order valence-electron chi connectivity index (χ3n) is 3.56. The molecule has 0 atom stereocenters. The lowest BCUT2D eigenvalue weighted by molar-refractivity contribution is 0.360. The molecule has 1 aliphatic rings. The van der Waals surface area contributed by atoms with E-state index < -0.39 is 0 Å². The smallest absolute Gasteiger partial charge is 0.224 e. The fraction of sp³-hybridized carbons (Fsp3) is 0.538. The van der Waals surface area contributed by atoms with E-state index in [0.717, 1.165) is 22.1 Å². The second kappa shape index (κ2) is 4.61. The lowest BCUT2D eigenvalue weighted by atomic mass is 9.87. The summed E-state index contributed by atoms with van der Waals surface area (Å²) in [6, 6.07) is 2.62. The minimum absolute atomic E-state index is 0.559. The van der Waals surface area contributed by atoms with Crippen LogP contribution >= 0.6 is 11.3 Å². The van der Waals surface area contributed by atoms with Gasteiger partial charge < -0.3 is 5.32 Å². The van der Waals surface area contributed by atoms with Crippen LogP contribution in [-0.4, -0.2) is 16.0 Å². The molecule has 90 valence electrons. The maximum Gasteiger partial charge on any atom is 0.224 e. The minimum atomic E-state index is 0.559. The molecule has 1 saturated carbocycles. The first-order chi connectivity index (χ1) is 8.31. The van der Waals surface area contributed by atoms with Crippen LogP contribution in [0.4, 0.5) is 5.95 Å². The summed E-state index contributed by atoms with van der Waals surface area (Å²) in [5, 5.41) is 6.67. The van der Waals surface area contributed by atoms with Gasteiger partial charge in [-0.15, -0.1) is 11.3 Å². The monoisotopic (exact) mass is 247 g/mol. The first-order valence-electron chi connectivity index (χ1n) is 6.28. The molecule has 0 spiro atoms. The number of aromatic nitrogens is 2. The number of thiophene rings is 1. The second-order valence-electron chi connectivity index (χ2n) is 4.98. The molecule has 0 aliphatic heterocycles. The van der Waals surface area contributed by atoms with E-state index in [0.29, 0.717) is 6.04 Å². The highest BCUT2D eigenvalue weighted by atomic mass is 32.1. The molecule has 3 rings (SSSR count). The fourth-order valence-corrected chi connectivity index (χ4v) is 3.15. The first-order valence-corrected chi connectivity index (χ1v) is 7.16. The maximum atomic E-state index is 4.54. The molecular formula is C13H17N3S. The summed E-state index contributed by atoms with van der Waals surface area (Å²) in [7, 11) is 0. The van der Waals surface area contributed by atoms with Gasteiger partial charge in [0.1, 0.15) is 4.83 Å². The van der Waals surface area contributed by atoms with Crippen molar-refractivity contribution in [1.29, 1.82) is 0 Å². The standard InChI is InChI=1S/C13H17N3S/c1-9-2-4-11(5-3-9)15-13-14-8-10-6-7-17-12(10)16-13/h6-9,11H,2-5H2,1H3,(H,14,15,16). The molecule has 1 aliphatic carbocycles. The van der Waals surface area contributed by atoms with Crippen molar-refractivity contribution >= 4 is 27.5 Å². The third-order valence-corrected chi connectivity index (χ3v) is 4.38. The molecule has 3 nitrogen and oxygen atoms in total. The maximum absolute atomic E-state index is 4.54. The summed E-state index contributed by atoms with van der Waals surface area (Å²) in [5.74, 6) is 1.67. The van der Waals surface area contributed by atoms with E-state index in [1.165, 1.54) is 25.7 Å². The van der Waals surface area contributed by atoms with E-state index in [1.54, 1.807) is 11.3 Å². The third kappa shape index (κ3) is 2.41. The highest BCUT2D eigenvalue weighted by Crippen LogP contribution is 2.26. The van der Waals surface area contributed by atoms with Crippen molar-refractivity contribution in [3.63, 3.8) is 0 Å². The van der Waals surface area contributed by atoms with Crippen LogP contribution < -0.4 is 5.32 Å². The van der Waals surface area contributed by atoms with Crippen molar-refractivity contribution in [2.24, 2.45) is 5.92 Å². The summed E-state index contributed by atoms with van der Waals surface area (Å²) in [6.45, 7) is 2.34. The van der Waals surface area contributed by atoms with Crippen molar-refractivity contribution < 1.29 is 0 Å². The van der Waals surface area contributed by atoms with Gasteiger partial charge in [0, 0.05) is 17.6 Å². The number of nitrogens with zero attached hydrogens (tertiary/aromatic N) is 2. The molecule has 2 heterocycles. The van der Waals surface area contributed by atoms with Crippen LogP contribution in [0.5, 0.6) is 0 Å².